The Morgan fingerprint density at radius 3 is 2.20 bits per heavy atom. The van der Waals surface area contributed by atoms with E-state index in [1.807, 2.05) is 81.4 Å². The average Bonchev–Trinajstić information content (AvgIpc) is 3.24. The molecule has 4 aromatic carbocycles. The summed E-state index contributed by atoms with van der Waals surface area (Å²) >= 11 is 0. The zero-order chi connectivity index (χ0) is 28.4. The summed E-state index contributed by atoms with van der Waals surface area (Å²) in [6.07, 6.45) is 0. The van der Waals surface area contributed by atoms with Crippen molar-refractivity contribution in [3.63, 3.8) is 0 Å². The Bertz CT molecular complexity index is 1610. The quantitative estimate of drug-likeness (QED) is 0.160. The van der Waals surface area contributed by atoms with Crippen molar-refractivity contribution in [1.29, 1.82) is 0 Å². The van der Waals surface area contributed by atoms with E-state index in [-0.39, 0.29) is 11.3 Å². The van der Waals surface area contributed by atoms with E-state index in [4.69, 9.17) is 9.47 Å². The van der Waals surface area contributed by atoms with Gasteiger partial charge in [0.15, 0.2) is 0 Å². The van der Waals surface area contributed by atoms with Crippen LogP contribution in [0.5, 0.6) is 11.5 Å². The largest absolute Gasteiger partial charge is 0.507 e. The molecule has 0 bridgehead atoms. The third-order valence-electron chi connectivity index (χ3n) is 7.33. The van der Waals surface area contributed by atoms with Crippen LogP contribution in [-0.2, 0) is 16.2 Å². The predicted octanol–water partition coefficient (Wildman–Crippen LogP) is 6.83. The van der Waals surface area contributed by atoms with Gasteiger partial charge in [-0.1, -0.05) is 48.5 Å². The van der Waals surface area contributed by atoms with Gasteiger partial charge in [-0.3, -0.25) is 14.5 Å². The molecule has 40 heavy (non-hydrogen) atoms. The van der Waals surface area contributed by atoms with Crippen LogP contribution in [0.25, 0.3) is 5.76 Å². The molecule has 0 saturated carbocycles. The van der Waals surface area contributed by atoms with Gasteiger partial charge in [-0.2, -0.15) is 0 Å². The maximum Gasteiger partial charge on any atom is 0.300 e. The number of carbonyl (C=O) groups is 2. The molecule has 0 spiro atoms. The van der Waals surface area contributed by atoms with E-state index in [9.17, 15) is 14.7 Å². The van der Waals surface area contributed by atoms with Crippen LogP contribution < -0.4 is 14.4 Å². The summed E-state index contributed by atoms with van der Waals surface area (Å²) in [5, 5.41) is 11.5. The molecule has 1 N–H and O–H groups in total. The number of nitrogens with zero attached hydrogens (tertiary/aromatic N) is 1. The Balaban J connectivity index is 1.57. The van der Waals surface area contributed by atoms with Crippen LogP contribution >= 0.6 is 0 Å². The molecule has 6 nitrogen and oxygen atoms in total. The Hall–Kier alpha value is -4.84. The van der Waals surface area contributed by atoms with Crippen molar-refractivity contribution in [2.45, 2.75) is 33.4 Å². The second-order valence-corrected chi connectivity index (χ2v) is 9.97. The van der Waals surface area contributed by atoms with Crippen molar-refractivity contribution in [3.05, 3.63) is 130 Å². The molecule has 5 rings (SSSR count). The fourth-order valence-corrected chi connectivity index (χ4v) is 4.93. The zero-order valence-corrected chi connectivity index (χ0v) is 23.0. The molecule has 0 aliphatic carbocycles. The van der Waals surface area contributed by atoms with E-state index in [1.165, 1.54) is 4.90 Å². The smallest absolute Gasteiger partial charge is 0.300 e. The van der Waals surface area contributed by atoms with Crippen molar-refractivity contribution < 1.29 is 24.2 Å². The van der Waals surface area contributed by atoms with Crippen LogP contribution in [0.3, 0.4) is 0 Å². The van der Waals surface area contributed by atoms with Crippen LogP contribution in [-0.4, -0.2) is 23.9 Å². The van der Waals surface area contributed by atoms with Crippen molar-refractivity contribution >= 4 is 23.1 Å². The molecule has 1 aliphatic heterocycles. The van der Waals surface area contributed by atoms with Gasteiger partial charge in [0.25, 0.3) is 11.7 Å². The number of Topliss-reactive ketones (excluding diaryl/α,β-unsaturated/α-hetero) is 1. The highest BCUT2D eigenvalue weighted by molar-refractivity contribution is 6.51. The number of anilines is 1. The summed E-state index contributed by atoms with van der Waals surface area (Å²) < 4.78 is 11.3. The Labute approximate surface area is 234 Å². The van der Waals surface area contributed by atoms with Gasteiger partial charge in [-0.15, -0.1) is 0 Å². The van der Waals surface area contributed by atoms with Gasteiger partial charge < -0.3 is 14.6 Å². The number of hydrogen-bond donors (Lipinski definition) is 1. The van der Waals surface area contributed by atoms with Crippen molar-refractivity contribution in [2.75, 3.05) is 12.0 Å². The number of aliphatic hydroxyl groups excluding tert-OH is 1. The number of aryl methyl sites for hydroxylation is 3. The SMILES string of the molecule is COc1ccc(C2/C(=C(\O)c3ccc(OCc4ccccc4)c(C)c3)C(=O)C(=O)N2c2ccc(C)c(C)c2)cc1. The molecule has 4 aromatic rings. The standard InChI is InChI=1S/C34H31NO5/c1-21-10-14-27(19-22(21)2)35-31(25-11-15-28(39-4)16-12-25)30(33(37)34(35)38)32(36)26-13-17-29(23(3)18-26)40-20-24-8-6-5-7-9-24/h5-19,31,36H,20H2,1-4H3/b32-30+. The Kier molecular flexibility index (Phi) is 7.43. The minimum Gasteiger partial charge on any atom is -0.507 e. The van der Waals surface area contributed by atoms with Crippen molar-refractivity contribution in [3.8, 4) is 11.5 Å². The van der Waals surface area contributed by atoms with Crippen LogP contribution in [0.1, 0.15) is 39.4 Å². The number of aliphatic hydroxyl groups is 1. The number of rotatable bonds is 7. The molecule has 202 valence electrons. The van der Waals surface area contributed by atoms with E-state index in [2.05, 4.69) is 0 Å². The van der Waals surface area contributed by atoms with Crippen molar-refractivity contribution in [1.82, 2.24) is 0 Å². The van der Waals surface area contributed by atoms with E-state index in [0.29, 0.717) is 34.9 Å². The third-order valence-corrected chi connectivity index (χ3v) is 7.33. The van der Waals surface area contributed by atoms with Gasteiger partial charge in [-0.05, 0) is 91.1 Å². The second kappa shape index (κ2) is 11.1. The molecule has 0 aromatic heterocycles. The minimum absolute atomic E-state index is 0.0331. The van der Waals surface area contributed by atoms with Gasteiger partial charge in [-0.25, -0.2) is 0 Å². The van der Waals surface area contributed by atoms with E-state index in [1.54, 1.807) is 37.4 Å². The lowest BCUT2D eigenvalue weighted by atomic mass is 9.94. The van der Waals surface area contributed by atoms with Crippen LogP contribution in [0.15, 0.2) is 96.6 Å². The van der Waals surface area contributed by atoms with E-state index < -0.39 is 17.7 Å². The Morgan fingerprint density at radius 1 is 0.825 bits per heavy atom. The summed E-state index contributed by atoms with van der Waals surface area (Å²) in [5.41, 5.74) is 5.64. The number of ketones is 1. The van der Waals surface area contributed by atoms with Crippen LogP contribution in [0.2, 0.25) is 0 Å². The molecule has 1 atom stereocenters. The molecule has 1 amide bonds. The van der Waals surface area contributed by atoms with Gasteiger partial charge in [0.05, 0.1) is 18.7 Å². The number of carbonyl (C=O) groups excluding carboxylic acids is 2. The first kappa shape index (κ1) is 26.8. The monoisotopic (exact) mass is 533 g/mol. The normalized spacial score (nSPS) is 16.3. The minimum atomic E-state index is -0.817. The summed E-state index contributed by atoms with van der Waals surface area (Å²) in [6.45, 7) is 6.24. The van der Waals surface area contributed by atoms with E-state index >= 15 is 0 Å². The predicted molar refractivity (Wildman–Crippen MR) is 156 cm³/mol. The second-order valence-electron chi connectivity index (χ2n) is 9.97. The van der Waals surface area contributed by atoms with Gasteiger partial charge in [0.2, 0.25) is 0 Å². The lowest BCUT2D eigenvalue weighted by Gasteiger charge is -2.26. The van der Waals surface area contributed by atoms with Crippen LogP contribution in [0.4, 0.5) is 5.69 Å². The molecular formula is C34H31NO5. The fourth-order valence-electron chi connectivity index (χ4n) is 4.93. The molecule has 1 heterocycles. The first-order valence-corrected chi connectivity index (χ1v) is 13.1. The highest BCUT2D eigenvalue weighted by atomic mass is 16.5. The van der Waals surface area contributed by atoms with Gasteiger partial charge in [0.1, 0.15) is 23.9 Å². The maximum absolute atomic E-state index is 13.5. The number of hydrogen-bond acceptors (Lipinski definition) is 5. The van der Waals surface area contributed by atoms with Gasteiger partial charge in [0, 0.05) is 11.3 Å². The molecule has 1 fully saturated rings. The number of benzene rings is 4. The molecule has 0 radical (unpaired) electrons. The number of methoxy groups -OCH3 is 1. The summed E-state index contributed by atoms with van der Waals surface area (Å²) in [6, 6.07) is 27.1. The lowest BCUT2D eigenvalue weighted by Crippen LogP contribution is -2.29. The first-order chi connectivity index (χ1) is 19.3. The molecule has 1 unspecified atom stereocenters. The molecule has 1 saturated heterocycles. The summed E-state index contributed by atoms with van der Waals surface area (Å²) in [4.78, 5) is 28.5. The average molecular weight is 534 g/mol. The Morgan fingerprint density at radius 2 is 1.55 bits per heavy atom. The fraction of sp³-hybridized carbons (Fsp3) is 0.176. The first-order valence-electron chi connectivity index (χ1n) is 13.1. The lowest BCUT2D eigenvalue weighted by molar-refractivity contribution is -0.132. The summed E-state index contributed by atoms with van der Waals surface area (Å²) in [5.74, 6) is -0.344. The molecular weight excluding hydrogens is 502 g/mol. The maximum atomic E-state index is 13.5. The molecule has 1 aliphatic rings. The highest BCUT2D eigenvalue weighted by Gasteiger charge is 2.47. The molecule has 6 heteroatoms. The van der Waals surface area contributed by atoms with Crippen molar-refractivity contribution in [2.24, 2.45) is 0 Å². The summed E-state index contributed by atoms with van der Waals surface area (Å²) in [7, 11) is 1.58. The number of amides is 1. The highest BCUT2D eigenvalue weighted by Crippen LogP contribution is 2.43. The van der Waals surface area contributed by atoms with Crippen LogP contribution in [0, 0.1) is 20.8 Å². The van der Waals surface area contributed by atoms with Gasteiger partial charge >= 0.3 is 0 Å². The topological polar surface area (TPSA) is 76.1 Å². The zero-order valence-electron chi connectivity index (χ0n) is 23.0. The third kappa shape index (κ3) is 5.08. The van der Waals surface area contributed by atoms with E-state index in [0.717, 1.165) is 22.3 Å². The number of ether oxygens (including phenoxy) is 2.